The summed E-state index contributed by atoms with van der Waals surface area (Å²) in [6.07, 6.45) is 1.95. The molecule has 0 atom stereocenters. The van der Waals surface area contributed by atoms with Crippen molar-refractivity contribution >= 4 is 22.8 Å². The lowest BCUT2D eigenvalue weighted by Gasteiger charge is -2.28. The van der Waals surface area contributed by atoms with Gasteiger partial charge < -0.3 is 14.2 Å². The number of carbonyl (C=O) groups is 1. The molecule has 0 aliphatic heterocycles. The SMILES string of the molecule is Br.CC(C)(C)c1cc(C(=O)Cn2c(-c3ccccc3)cn(Cc3ccccc3)c2=N)cc(C(C)(C)C)c1O. The summed E-state index contributed by atoms with van der Waals surface area (Å²) in [5, 5.41) is 20.1. The van der Waals surface area contributed by atoms with Crippen LogP contribution < -0.4 is 5.62 Å². The Hall–Kier alpha value is -3.38. The molecule has 0 fully saturated rings. The Morgan fingerprint density at radius 3 is 1.84 bits per heavy atom. The Morgan fingerprint density at radius 1 is 0.842 bits per heavy atom. The normalized spacial score (nSPS) is 11.7. The van der Waals surface area contributed by atoms with Crippen LogP contribution in [0.5, 0.6) is 5.75 Å². The van der Waals surface area contributed by atoms with E-state index >= 15 is 0 Å². The lowest BCUT2D eigenvalue weighted by molar-refractivity contribution is 0.0970. The van der Waals surface area contributed by atoms with Crippen molar-refractivity contribution in [1.82, 2.24) is 9.13 Å². The second kappa shape index (κ2) is 11.2. The molecule has 5 nitrogen and oxygen atoms in total. The van der Waals surface area contributed by atoms with Gasteiger partial charge in [-0.15, -0.1) is 17.0 Å². The predicted octanol–water partition coefficient (Wildman–Crippen LogP) is 7.25. The minimum Gasteiger partial charge on any atom is -0.507 e. The topological polar surface area (TPSA) is 71.0 Å². The van der Waals surface area contributed by atoms with E-state index in [1.165, 1.54) is 0 Å². The fourth-order valence-electron chi connectivity index (χ4n) is 4.62. The van der Waals surface area contributed by atoms with Gasteiger partial charge in [0.1, 0.15) is 5.75 Å². The molecule has 2 N–H and O–H groups in total. The molecule has 200 valence electrons. The maximum absolute atomic E-state index is 13.8. The highest BCUT2D eigenvalue weighted by Gasteiger charge is 2.28. The first-order chi connectivity index (χ1) is 17.4. The first kappa shape index (κ1) is 29.2. The van der Waals surface area contributed by atoms with Crippen molar-refractivity contribution in [2.75, 3.05) is 0 Å². The fraction of sp³-hybridized carbons (Fsp3) is 0.312. The minimum atomic E-state index is -0.331. The molecule has 1 aromatic heterocycles. The molecule has 0 aliphatic rings. The van der Waals surface area contributed by atoms with Crippen molar-refractivity contribution < 1.29 is 9.90 Å². The standard InChI is InChI=1S/C32H37N3O2.BrH/c1-31(2,3)25-17-24(18-26(29(25)37)32(4,5)6)28(36)21-35-27(23-15-11-8-12-16-23)20-34(30(35)33)19-22-13-9-7-10-14-22;/h7-18,20,33,37H,19,21H2,1-6H3;1H. The van der Waals surface area contributed by atoms with Crippen LogP contribution in [-0.4, -0.2) is 20.0 Å². The molecule has 6 heteroatoms. The lowest BCUT2D eigenvalue weighted by atomic mass is 9.78. The highest BCUT2D eigenvalue weighted by molar-refractivity contribution is 8.93. The number of aromatic hydroxyl groups is 1. The second-order valence-corrected chi connectivity index (χ2v) is 11.7. The van der Waals surface area contributed by atoms with Crippen LogP contribution >= 0.6 is 17.0 Å². The highest BCUT2D eigenvalue weighted by atomic mass is 79.9. The molecule has 0 radical (unpaired) electrons. The zero-order valence-electron chi connectivity index (χ0n) is 23.1. The van der Waals surface area contributed by atoms with Crippen molar-refractivity contribution in [1.29, 1.82) is 5.41 Å². The Morgan fingerprint density at radius 2 is 1.34 bits per heavy atom. The zero-order valence-corrected chi connectivity index (χ0v) is 24.8. The maximum Gasteiger partial charge on any atom is 0.203 e. The quantitative estimate of drug-likeness (QED) is 0.238. The van der Waals surface area contributed by atoms with Gasteiger partial charge in [0.25, 0.3) is 0 Å². The van der Waals surface area contributed by atoms with Crippen LogP contribution in [0.15, 0.2) is 79.0 Å². The summed E-state index contributed by atoms with van der Waals surface area (Å²) >= 11 is 0. The van der Waals surface area contributed by atoms with Gasteiger partial charge in [0.2, 0.25) is 5.62 Å². The fourth-order valence-corrected chi connectivity index (χ4v) is 4.62. The largest absolute Gasteiger partial charge is 0.507 e. The van der Waals surface area contributed by atoms with E-state index < -0.39 is 0 Å². The molecule has 0 amide bonds. The molecule has 4 aromatic rings. The molecule has 0 bridgehead atoms. The number of imidazole rings is 1. The van der Waals surface area contributed by atoms with Crippen LogP contribution in [0.1, 0.15) is 68.6 Å². The third kappa shape index (κ3) is 6.18. The summed E-state index contributed by atoms with van der Waals surface area (Å²) in [6.45, 7) is 12.8. The number of hydrogen-bond acceptors (Lipinski definition) is 3. The Bertz CT molecular complexity index is 1440. The summed E-state index contributed by atoms with van der Waals surface area (Å²) < 4.78 is 3.66. The third-order valence-corrected chi connectivity index (χ3v) is 6.71. The number of benzene rings is 3. The van der Waals surface area contributed by atoms with Crippen molar-refractivity contribution in [2.45, 2.75) is 65.5 Å². The van der Waals surface area contributed by atoms with Gasteiger partial charge >= 0.3 is 0 Å². The molecule has 0 spiro atoms. The van der Waals surface area contributed by atoms with Gasteiger partial charge in [0, 0.05) is 22.9 Å². The maximum atomic E-state index is 13.8. The van der Waals surface area contributed by atoms with E-state index in [2.05, 4.69) is 0 Å². The number of halogens is 1. The third-order valence-electron chi connectivity index (χ3n) is 6.71. The number of Topliss-reactive ketones (excluding diaryl/α,β-unsaturated/α-hetero) is 1. The molecule has 0 saturated carbocycles. The van der Waals surface area contributed by atoms with Crippen LogP contribution in [-0.2, 0) is 23.9 Å². The number of carbonyl (C=O) groups excluding carboxylic acids is 1. The van der Waals surface area contributed by atoms with E-state index in [0.717, 1.165) is 27.9 Å². The summed E-state index contributed by atoms with van der Waals surface area (Å²) in [5.41, 5.74) is 4.52. The van der Waals surface area contributed by atoms with Crippen LogP contribution in [0, 0.1) is 5.41 Å². The van der Waals surface area contributed by atoms with Crippen molar-refractivity contribution in [2.24, 2.45) is 0 Å². The van der Waals surface area contributed by atoms with Gasteiger partial charge in [0.15, 0.2) is 5.78 Å². The summed E-state index contributed by atoms with van der Waals surface area (Å²) in [5.74, 6) is 0.161. The van der Waals surface area contributed by atoms with Crippen molar-refractivity contribution in [3.63, 3.8) is 0 Å². The Balaban J connectivity index is 0.00000400. The first-order valence-electron chi connectivity index (χ1n) is 12.7. The van der Waals surface area contributed by atoms with E-state index in [9.17, 15) is 9.90 Å². The molecule has 1 heterocycles. The molecular formula is C32H38BrN3O2. The molecule has 0 unspecified atom stereocenters. The van der Waals surface area contributed by atoms with E-state index in [1.54, 1.807) is 4.57 Å². The molecule has 0 aliphatic carbocycles. The Labute approximate surface area is 236 Å². The lowest BCUT2D eigenvalue weighted by Crippen LogP contribution is -2.28. The van der Waals surface area contributed by atoms with Gasteiger partial charge in [-0.25, -0.2) is 0 Å². The summed E-state index contributed by atoms with van der Waals surface area (Å²) in [7, 11) is 0. The van der Waals surface area contributed by atoms with Gasteiger partial charge in [0.05, 0.1) is 18.8 Å². The molecule has 4 rings (SSSR count). The van der Waals surface area contributed by atoms with Gasteiger partial charge in [-0.1, -0.05) is 102 Å². The molecular weight excluding hydrogens is 538 g/mol. The summed E-state index contributed by atoms with van der Waals surface area (Å²) in [4.78, 5) is 13.8. The number of nitrogens with one attached hydrogen (secondary N) is 1. The second-order valence-electron chi connectivity index (χ2n) is 11.7. The molecule has 38 heavy (non-hydrogen) atoms. The number of hydrogen-bond donors (Lipinski definition) is 2. The van der Waals surface area contributed by atoms with Gasteiger partial charge in [-0.2, -0.15) is 0 Å². The van der Waals surface area contributed by atoms with E-state index in [0.29, 0.717) is 12.1 Å². The highest BCUT2D eigenvalue weighted by Crippen LogP contribution is 2.40. The van der Waals surface area contributed by atoms with Crippen LogP contribution in [0.4, 0.5) is 0 Å². The first-order valence-corrected chi connectivity index (χ1v) is 12.7. The number of phenolic OH excluding ortho intramolecular Hbond substituents is 1. The Kier molecular flexibility index (Phi) is 8.57. The monoisotopic (exact) mass is 575 g/mol. The van der Waals surface area contributed by atoms with Crippen LogP contribution in [0.2, 0.25) is 0 Å². The number of phenols is 1. The van der Waals surface area contributed by atoms with E-state index in [4.69, 9.17) is 5.41 Å². The van der Waals surface area contributed by atoms with Crippen LogP contribution in [0.25, 0.3) is 11.3 Å². The van der Waals surface area contributed by atoms with Crippen molar-refractivity contribution in [3.8, 4) is 17.0 Å². The zero-order chi connectivity index (χ0) is 27.0. The number of rotatable bonds is 6. The minimum absolute atomic E-state index is 0. The number of nitrogens with zero attached hydrogens (tertiary/aromatic N) is 2. The molecule has 3 aromatic carbocycles. The van der Waals surface area contributed by atoms with Crippen LogP contribution in [0.3, 0.4) is 0 Å². The number of aromatic nitrogens is 2. The predicted molar refractivity (Wildman–Crippen MR) is 159 cm³/mol. The molecule has 0 saturated heterocycles. The average molecular weight is 577 g/mol. The van der Waals surface area contributed by atoms with E-state index in [1.807, 2.05) is 125 Å². The average Bonchev–Trinajstić information content (AvgIpc) is 3.13. The smallest absolute Gasteiger partial charge is 0.203 e. The van der Waals surface area contributed by atoms with Gasteiger partial charge in [-0.05, 0) is 34.1 Å². The van der Waals surface area contributed by atoms with Crippen molar-refractivity contribution in [3.05, 3.63) is 107 Å². The number of ketones is 1. The van der Waals surface area contributed by atoms with Gasteiger partial charge in [-0.3, -0.25) is 10.2 Å². The van der Waals surface area contributed by atoms with E-state index in [-0.39, 0.29) is 51.5 Å². The summed E-state index contributed by atoms with van der Waals surface area (Å²) in [6, 6.07) is 23.5.